The molecule has 172 valence electrons. The van der Waals surface area contributed by atoms with Crippen LogP contribution in [-0.4, -0.2) is 45.5 Å². The molecule has 3 aromatic rings. The molecule has 2 heterocycles. The number of benzene rings is 2. The number of hydrazone groups is 1. The number of hydrogen-bond acceptors (Lipinski definition) is 7. The molecule has 1 aliphatic rings. The van der Waals surface area contributed by atoms with Crippen LogP contribution in [0.1, 0.15) is 33.3 Å². The van der Waals surface area contributed by atoms with E-state index in [4.69, 9.17) is 9.47 Å². The van der Waals surface area contributed by atoms with Crippen molar-refractivity contribution >= 4 is 38.7 Å². The van der Waals surface area contributed by atoms with Gasteiger partial charge < -0.3 is 9.47 Å². The fourth-order valence-corrected chi connectivity index (χ4v) is 4.89. The van der Waals surface area contributed by atoms with Crippen molar-refractivity contribution in [1.82, 2.24) is 5.01 Å². The Morgan fingerprint density at radius 2 is 1.88 bits per heavy atom. The Labute approximate surface area is 196 Å². The van der Waals surface area contributed by atoms with Crippen LogP contribution in [0.5, 0.6) is 11.5 Å². The average molecular weight is 486 g/mol. The number of rotatable bonds is 7. The summed E-state index contributed by atoms with van der Waals surface area (Å²) in [6.45, 7) is 0. The molecule has 1 aliphatic heterocycles. The molecule has 0 bridgehead atoms. The number of methoxy groups -OCH3 is 2. The SMILES string of the molecule is COc1ccc([C@@H]2CC(c3ccc(NS(C)(=O)=O)cc3)=NN2C(=O)c2cccs2)c(OC)c1. The van der Waals surface area contributed by atoms with Crippen molar-refractivity contribution in [3.05, 3.63) is 76.0 Å². The van der Waals surface area contributed by atoms with Crippen molar-refractivity contribution < 1.29 is 22.7 Å². The number of sulfonamides is 1. The lowest BCUT2D eigenvalue weighted by Gasteiger charge is -2.23. The molecule has 33 heavy (non-hydrogen) atoms. The number of ether oxygens (including phenoxy) is 2. The number of hydrogen-bond donors (Lipinski definition) is 1. The normalized spacial score (nSPS) is 15.8. The number of nitrogens with one attached hydrogen (secondary N) is 1. The minimum absolute atomic E-state index is 0.196. The van der Waals surface area contributed by atoms with Crippen molar-refractivity contribution in [3.63, 3.8) is 0 Å². The zero-order valence-electron chi connectivity index (χ0n) is 18.3. The summed E-state index contributed by atoms with van der Waals surface area (Å²) in [5.74, 6) is 1.06. The Bertz CT molecular complexity index is 1290. The van der Waals surface area contributed by atoms with Gasteiger partial charge in [-0.05, 0) is 41.3 Å². The highest BCUT2D eigenvalue weighted by Gasteiger charge is 2.35. The summed E-state index contributed by atoms with van der Waals surface area (Å²) in [7, 11) is -0.208. The standard InChI is InChI=1S/C23H23N3O5S2/c1-30-17-10-11-18(21(13-17)31-2)20-14-19(24-26(20)23(27)22-5-4-12-32-22)15-6-8-16(9-7-15)25-33(3,28)29/h4-13,20,25H,14H2,1-3H3/t20-/m0/s1. The molecule has 0 aliphatic carbocycles. The lowest BCUT2D eigenvalue weighted by atomic mass is 9.97. The second-order valence-electron chi connectivity index (χ2n) is 7.45. The van der Waals surface area contributed by atoms with Crippen molar-refractivity contribution in [3.8, 4) is 11.5 Å². The molecule has 0 radical (unpaired) electrons. The highest BCUT2D eigenvalue weighted by atomic mass is 32.2. The second-order valence-corrected chi connectivity index (χ2v) is 10.1. The molecule has 1 N–H and O–H groups in total. The molecule has 0 unspecified atom stereocenters. The van der Waals surface area contributed by atoms with Crippen LogP contribution >= 0.6 is 11.3 Å². The summed E-state index contributed by atoms with van der Waals surface area (Å²) in [6.07, 6.45) is 1.57. The fourth-order valence-electron chi connectivity index (χ4n) is 3.67. The Hall–Kier alpha value is -3.37. The lowest BCUT2D eigenvalue weighted by Crippen LogP contribution is -2.26. The minimum Gasteiger partial charge on any atom is -0.497 e. The summed E-state index contributed by atoms with van der Waals surface area (Å²) in [6, 6.07) is 15.6. The molecular formula is C23H23N3O5S2. The van der Waals surface area contributed by atoms with E-state index in [9.17, 15) is 13.2 Å². The van der Waals surface area contributed by atoms with Gasteiger partial charge in [0.1, 0.15) is 11.5 Å². The topological polar surface area (TPSA) is 97.3 Å². The van der Waals surface area contributed by atoms with Gasteiger partial charge in [0.05, 0.1) is 37.1 Å². The Morgan fingerprint density at radius 1 is 1.12 bits per heavy atom. The summed E-state index contributed by atoms with van der Waals surface area (Å²) >= 11 is 1.36. The first-order valence-electron chi connectivity index (χ1n) is 10.0. The summed E-state index contributed by atoms with van der Waals surface area (Å²) in [5, 5.41) is 8.02. The molecule has 1 atom stereocenters. The first kappa shape index (κ1) is 22.8. The van der Waals surface area contributed by atoms with Gasteiger partial charge in [-0.1, -0.05) is 18.2 Å². The van der Waals surface area contributed by atoms with Gasteiger partial charge in [-0.3, -0.25) is 9.52 Å². The largest absolute Gasteiger partial charge is 0.497 e. The predicted octanol–water partition coefficient (Wildman–Crippen LogP) is 4.13. The molecule has 0 spiro atoms. The molecule has 0 saturated carbocycles. The molecule has 10 heteroatoms. The van der Waals surface area contributed by atoms with E-state index in [1.807, 2.05) is 23.6 Å². The van der Waals surface area contributed by atoms with Crippen LogP contribution in [0.2, 0.25) is 0 Å². The number of amides is 1. The maximum absolute atomic E-state index is 13.3. The van der Waals surface area contributed by atoms with Crippen LogP contribution in [0, 0.1) is 0 Å². The first-order valence-corrected chi connectivity index (χ1v) is 12.8. The molecule has 8 nitrogen and oxygen atoms in total. The third-order valence-corrected chi connectivity index (χ3v) is 6.64. The van der Waals surface area contributed by atoms with Gasteiger partial charge in [-0.15, -0.1) is 11.3 Å². The number of thiophene rings is 1. The molecule has 4 rings (SSSR count). The first-order chi connectivity index (χ1) is 15.8. The maximum atomic E-state index is 13.3. The Balaban J connectivity index is 1.70. The van der Waals surface area contributed by atoms with E-state index in [1.165, 1.54) is 16.3 Å². The van der Waals surface area contributed by atoms with Gasteiger partial charge in [-0.25, -0.2) is 13.4 Å². The lowest BCUT2D eigenvalue weighted by molar-refractivity contribution is 0.0714. The molecule has 1 amide bonds. The van der Waals surface area contributed by atoms with Gasteiger partial charge >= 0.3 is 0 Å². The van der Waals surface area contributed by atoms with Crippen molar-refractivity contribution in [2.24, 2.45) is 5.10 Å². The number of nitrogens with zero attached hydrogens (tertiary/aromatic N) is 2. The van der Waals surface area contributed by atoms with Gasteiger partial charge in [-0.2, -0.15) is 5.10 Å². The number of anilines is 1. The highest BCUT2D eigenvalue weighted by Crippen LogP contribution is 2.40. The average Bonchev–Trinajstić information content (AvgIpc) is 3.48. The molecule has 2 aromatic carbocycles. The molecule has 0 saturated heterocycles. The van der Waals surface area contributed by atoms with E-state index in [2.05, 4.69) is 9.82 Å². The molecular weight excluding hydrogens is 462 g/mol. The van der Waals surface area contributed by atoms with Crippen LogP contribution < -0.4 is 14.2 Å². The van der Waals surface area contributed by atoms with E-state index in [0.29, 0.717) is 34.2 Å². The van der Waals surface area contributed by atoms with Crippen molar-refractivity contribution in [2.75, 3.05) is 25.2 Å². The summed E-state index contributed by atoms with van der Waals surface area (Å²) in [5.41, 5.74) is 2.79. The third kappa shape index (κ3) is 5.01. The zero-order chi connectivity index (χ0) is 23.6. The van der Waals surface area contributed by atoms with Gasteiger partial charge in [0.15, 0.2) is 0 Å². The quantitative estimate of drug-likeness (QED) is 0.543. The summed E-state index contributed by atoms with van der Waals surface area (Å²) < 4.78 is 36.3. The highest BCUT2D eigenvalue weighted by molar-refractivity contribution is 7.92. The van der Waals surface area contributed by atoms with Gasteiger partial charge in [0.2, 0.25) is 10.0 Å². The zero-order valence-corrected chi connectivity index (χ0v) is 19.9. The maximum Gasteiger partial charge on any atom is 0.284 e. The van der Waals surface area contributed by atoms with Crippen LogP contribution in [0.3, 0.4) is 0 Å². The molecule has 1 aromatic heterocycles. The van der Waals surface area contributed by atoms with Gasteiger partial charge in [0.25, 0.3) is 5.91 Å². The minimum atomic E-state index is -3.37. The van der Waals surface area contributed by atoms with E-state index in [0.717, 1.165) is 17.4 Å². The van der Waals surface area contributed by atoms with E-state index in [-0.39, 0.29) is 11.9 Å². The fraction of sp³-hybridized carbons (Fsp3) is 0.217. The van der Waals surface area contributed by atoms with Crippen LogP contribution in [-0.2, 0) is 10.0 Å². The monoisotopic (exact) mass is 485 g/mol. The number of carbonyl (C=O) groups excluding carboxylic acids is 1. The van der Waals surface area contributed by atoms with Crippen LogP contribution in [0.4, 0.5) is 5.69 Å². The van der Waals surface area contributed by atoms with E-state index in [1.54, 1.807) is 50.6 Å². The van der Waals surface area contributed by atoms with Crippen LogP contribution in [0.25, 0.3) is 0 Å². The third-order valence-electron chi connectivity index (χ3n) is 5.17. The Kier molecular flexibility index (Phi) is 6.39. The van der Waals surface area contributed by atoms with Gasteiger partial charge in [0, 0.05) is 23.7 Å². The van der Waals surface area contributed by atoms with Crippen molar-refractivity contribution in [2.45, 2.75) is 12.5 Å². The number of carbonyl (C=O) groups is 1. The summed E-state index contributed by atoms with van der Waals surface area (Å²) in [4.78, 5) is 13.9. The Morgan fingerprint density at radius 3 is 2.48 bits per heavy atom. The van der Waals surface area contributed by atoms with E-state index >= 15 is 0 Å². The van der Waals surface area contributed by atoms with Crippen molar-refractivity contribution in [1.29, 1.82) is 0 Å². The van der Waals surface area contributed by atoms with E-state index < -0.39 is 10.0 Å². The predicted molar refractivity (Wildman–Crippen MR) is 129 cm³/mol. The molecule has 0 fully saturated rings. The van der Waals surface area contributed by atoms with Crippen LogP contribution in [0.15, 0.2) is 65.1 Å². The smallest absolute Gasteiger partial charge is 0.284 e. The second kappa shape index (κ2) is 9.24.